The summed E-state index contributed by atoms with van der Waals surface area (Å²) in [6.07, 6.45) is 0.639. The summed E-state index contributed by atoms with van der Waals surface area (Å²) in [6, 6.07) is 0. The van der Waals surface area contributed by atoms with Gasteiger partial charge >= 0.3 is 24.4 Å². The molecule has 0 aliphatic carbocycles. The van der Waals surface area contributed by atoms with E-state index in [0.29, 0.717) is 6.19 Å². The molecule has 0 aromatic carbocycles. The number of carbonyl (C=O) groups excluding carboxylic acids is 1. The van der Waals surface area contributed by atoms with E-state index in [4.69, 9.17) is 4.79 Å². The molecule has 0 bridgehead atoms. The molecule has 0 heterocycles. The number of hydrogen-bond donors (Lipinski definition) is 0. The summed E-state index contributed by atoms with van der Waals surface area (Å²) < 4.78 is 0. The molecule has 0 saturated carbocycles. The van der Waals surface area contributed by atoms with Crippen molar-refractivity contribution in [3.05, 3.63) is 0 Å². The van der Waals surface area contributed by atoms with E-state index in [1.54, 1.807) is 0 Å². The van der Waals surface area contributed by atoms with Gasteiger partial charge in [0.1, 0.15) is 0 Å². The summed E-state index contributed by atoms with van der Waals surface area (Å²) in [5.41, 5.74) is 0. The van der Waals surface area contributed by atoms with Gasteiger partial charge in [0, 0.05) is 0 Å². The summed E-state index contributed by atoms with van der Waals surface area (Å²) in [6.45, 7) is 4.31. The summed E-state index contributed by atoms with van der Waals surface area (Å²) in [4.78, 5) is 9.06. The monoisotopic (exact) mass is 54.0 g/mol. The zero-order chi connectivity index (χ0) is 3.41. The SMILES string of the molecule is C=BC=O. The van der Waals surface area contributed by atoms with Gasteiger partial charge in [-0.2, -0.15) is 0 Å². The zero-order valence-corrected chi connectivity index (χ0v) is 2.27. The Kier molecular flexibility index (Phi) is 2.35. The normalized spacial score (nSPS) is 4.00. The second-order valence-electron chi connectivity index (χ2n) is 0.372. The van der Waals surface area contributed by atoms with Crippen molar-refractivity contribution in [3.8, 4) is 0 Å². The average Bonchev–Trinajstić information content (AvgIpc) is 1.37. The fourth-order valence-electron chi connectivity index (χ4n) is 0. The van der Waals surface area contributed by atoms with Crippen LogP contribution in [-0.4, -0.2) is 19.6 Å². The van der Waals surface area contributed by atoms with Crippen molar-refractivity contribution in [2.45, 2.75) is 0 Å². The van der Waals surface area contributed by atoms with E-state index in [2.05, 4.69) is 6.47 Å². The fourth-order valence-corrected chi connectivity index (χ4v) is 0. The van der Waals surface area contributed by atoms with Gasteiger partial charge in [-0.3, -0.25) is 0 Å². The standard InChI is InChI=1S/C2H3BO/c1-3-2-4/h2H,1H2. The predicted molar refractivity (Wildman–Crippen MR) is 19.6 cm³/mol. The van der Waals surface area contributed by atoms with Crippen LogP contribution in [0.4, 0.5) is 0 Å². The minimum atomic E-state index is 0.639. The molecule has 20 valence electrons. The Labute approximate surface area is 25.5 Å². The molecule has 4 heavy (non-hydrogen) atoms. The first kappa shape index (κ1) is 3.60. The van der Waals surface area contributed by atoms with Gasteiger partial charge in [0.25, 0.3) is 0 Å². The molecule has 2 heteroatoms. The second kappa shape index (κ2) is 2.60. The third kappa shape index (κ3) is 1.60. The Morgan fingerprint density at radius 3 is 2.25 bits per heavy atom. The van der Waals surface area contributed by atoms with Gasteiger partial charge < -0.3 is 0 Å². The number of hydrogen-bond acceptors (Lipinski definition) is 1. The van der Waals surface area contributed by atoms with Crippen LogP contribution in [0.25, 0.3) is 0 Å². The molecule has 0 fully saturated rings. The molecule has 0 saturated heterocycles. The van der Waals surface area contributed by atoms with Crippen LogP contribution in [0.2, 0.25) is 0 Å². The van der Waals surface area contributed by atoms with Crippen LogP contribution in [0, 0.1) is 0 Å². The van der Waals surface area contributed by atoms with Crippen molar-refractivity contribution in [1.82, 2.24) is 0 Å². The van der Waals surface area contributed by atoms with Crippen molar-refractivity contribution < 1.29 is 4.79 Å². The fraction of sp³-hybridized carbons (Fsp3) is 0. The van der Waals surface area contributed by atoms with Gasteiger partial charge in [0.2, 0.25) is 0 Å². The predicted octanol–water partition coefficient (Wildman–Crippen LogP) is -0.687. The van der Waals surface area contributed by atoms with Crippen LogP contribution in [0.5, 0.6) is 0 Å². The first-order chi connectivity index (χ1) is 1.91. The third-order valence-corrected chi connectivity index (χ3v) is 0.0962. The summed E-state index contributed by atoms with van der Waals surface area (Å²) in [5, 5.41) is 0. The summed E-state index contributed by atoms with van der Waals surface area (Å²) >= 11 is 0. The molecule has 0 unspecified atom stereocenters. The van der Waals surface area contributed by atoms with Crippen molar-refractivity contribution in [2.75, 3.05) is 0 Å². The minimum absolute atomic E-state index is 0.639. The van der Waals surface area contributed by atoms with E-state index in [0.717, 1.165) is 0 Å². The summed E-state index contributed by atoms with van der Waals surface area (Å²) in [7, 11) is 0. The van der Waals surface area contributed by atoms with E-state index < -0.39 is 0 Å². The molecule has 0 spiro atoms. The topological polar surface area (TPSA) is 17.1 Å². The summed E-state index contributed by atoms with van der Waals surface area (Å²) in [5.74, 6) is 0. The van der Waals surface area contributed by atoms with Crippen molar-refractivity contribution in [3.63, 3.8) is 0 Å². The molecule has 0 aliphatic heterocycles. The van der Waals surface area contributed by atoms with Gasteiger partial charge in [-0.05, 0) is 0 Å². The molecule has 0 amide bonds. The maximum atomic E-state index is 9.06. The Morgan fingerprint density at radius 2 is 2.25 bits per heavy atom. The van der Waals surface area contributed by atoms with Crippen LogP contribution in [0.15, 0.2) is 0 Å². The molecule has 0 atom stereocenters. The molecule has 0 radical (unpaired) electrons. The third-order valence-electron chi connectivity index (χ3n) is 0.0962. The number of rotatable bonds is 1. The Morgan fingerprint density at radius 1 is 2.00 bits per heavy atom. The molecule has 0 N–H and O–H groups in total. The van der Waals surface area contributed by atoms with Gasteiger partial charge in [-0.15, -0.1) is 0 Å². The van der Waals surface area contributed by atoms with Gasteiger partial charge in [0.05, 0.1) is 0 Å². The quantitative estimate of drug-likeness (QED) is 0.286. The van der Waals surface area contributed by atoms with E-state index in [9.17, 15) is 0 Å². The molecule has 1 nitrogen and oxygen atoms in total. The van der Waals surface area contributed by atoms with Crippen molar-refractivity contribution in [1.29, 1.82) is 0 Å². The van der Waals surface area contributed by atoms with Crippen LogP contribution in [0.1, 0.15) is 0 Å². The Balaban J connectivity index is 2.73. The molecule has 0 aromatic heterocycles. The van der Waals surface area contributed by atoms with E-state index in [1.807, 2.05) is 0 Å². The van der Waals surface area contributed by atoms with Crippen LogP contribution < -0.4 is 0 Å². The van der Waals surface area contributed by atoms with Gasteiger partial charge in [-0.25, -0.2) is 0 Å². The first-order valence-electron chi connectivity index (χ1n) is 0.977. The molecule has 0 rings (SSSR count). The van der Waals surface area contributed by atoms with Gasteiger partial charge in [-0.1, -0.05) is 0 Å². The molecular weight excluding hydrogens is 50.8 g/mol. The second-order valence-corrected chi connectivity index (χ2v) is 0.372. The zero-order valence-electron chi connectivity index (χ0n) is 2.27. The van der Waals surface area contributed by atoms with E-state index >= 15 is 0 Å². The first-order valence-corrected chi connectivity index (χ1v) is 0.977. The number of carbonyl (C=O) groups is 1. The van der Waals surface area contributed by atoms with E-state index in [1.165, 1.54) is 6.92 Å². The Bertz CT molecular complexity index is 27.0. The van der Waals surface area contributed by atoms with Crippen LogP contribution >= 0.6 is 0 Å². The van der Waals surface area contributed by atoms with Crippen molar-refractivity contribution in [2.24, 2.45) is 0 Å². The van der Waals surface area contributed by atoms with E-state index in [-0.39, 0.29) is 0 Å². The average molecular weight is 53.9 g/mol. The van der Waals surface area contributed by atoms with Crippen LogP contribution in [0.3, 0.4) is 0 Å². The Hall–Kier alpha value is -0.395. The van der Waals surface area contributed by atoms with Gasteiger partial charge in [0.15, 0.2) is 0 Å². The van der Waals surface area contributed by atoms with Crippen molar-refractivity contribution >= 4 is 19.6 Å². The molecular formula is C2H3BO. The molecule has 0 aliphatic rings. The molecule has 0 aromatic rings. The van der Waals surface area contributed by atoms with Crippen LogP contribution in [-0.2, 0) is 4.79 Å². The maximum absolute atomic E-state index is 9.06.